The quantitative estimate of drug-likeness (QED) is 0.681. The van der Waals surface area contributed by atoms with Crippen LogP contribution in [0.15, 0.2) is 42.7 Å². The largest absolute Gasteiger partial charge is 0.507 e. The number of rotatable bonds is 6. The van der Waals surface area contributed by atoms with Gasteiger partial charge in [-0.15, -0.1) is 0 Å². The zero-order valence-corrected chi connectivity index (χ0v) is 15.0. The van der Waals surface area contributed by atoms with Crippen LogP contribution >= 0.6 is 0 Å². The molecule has 0 aliphatic carbocycles. The van der Waals surface area contributed by atoms with Crippen molar-refractivity contribution in [2.75, 3.05) is 0 Å². The van der Waals surface area contributed by atoms with Gasteiger partial charge < -0.3 is 9.84 Å². The van der Waals surface area contributed by atoms with Crippen LogP contribution in [0.1, 0.15) is 41.4 Å². The Labute approximate surface area is 152 Å². The van der Waals surface area contributed by atoms with Crippen molar-refractivity contribution in [2.45, 2.75) is 33.4 Å². The second-order valence-corrected chi connectivity index (χ2v) is 6.32. The molecule has 26 heavy (non-hydrogen) atoms. The minimum atomic E-state index is -0.0539. The van der Waals surface area contributed by atoms with E-state index < -0.39 is 0 Å². The maximum atomic E-state index is 11.3. The zero-order valence-electron chi connectivity index (χ0n) is 15.0. The van der Waals surface area contributed by atoms with E-state index in [1.807, 2.05) is 22.9 Å². The highest BCUT2D eigenvalue weighted by Gasteiger charge is 2.15. The molecule has 0 radical (unpaired) electrons. The Kier molecular flexibility index (Phi) is 5.02. The summed E-state index contributed by atoms with van der Waals surface area (Å²) in [4.78, 5) is 15.8. The lowest BCUT2D eigenvalue weighted by molar-refractivity contribution is 0.111. The minimum Gasteiger partial charge on any atom is -0.507 e. The van der Waals surface area contributed by atoms with E-state index >= 15 is 0 Å². The molecule has 0 fully saturated rings. The Balaban J connectivity index is 1.92. The summed E-state index contributed by atoms with van der Waals surface area (Å²) in [5, 5.41) is 14.4. The predicted molar refractivity (Wildman–Crippen MR) is 98.4 cm³/mol. The third-order valence-corrected chi connectivity index (χ3v) is 4.17. The van der Waals surface area contributed by atoms with Crippen molar-refractivity contribution in [2.24, 2.45) is 0 Å². The average molecular weight is 351 g/mol. The van der Waals surface area contributed by atoms with Gasteiger partial charge in [0.2, 0.25) is 0 Å². The smallest absolute Gasteiger partial charge is 0.157 e. The van der Waals surface area contributed by atoms with E-state index in [9.17, 15) is 9.90 Å². The fourth-order valence-electron chi connectivity index (χ4n) is 2.79. The summed E-state index contributed by atoms with van der Waals surface area (Å²) in [6, 6.07) is 9.29. The van der Waals surface area contributed by atoms with Crippen molar-refractivity contribution in [3.63, 3.8) is 0 Å². The van der Waals surface area contributed by atoms with Gasteiger partial charge in [-0.05, 0) is 44.5 Å². The van der Waals surface area contributed by atoms with Gasteiger partial charge >= 0.3 is 0 Å². The lowest BCUT2D eigenvalue weighted by Crippen LogP contribution is -2.08. The fraction of sp³-hybridized carbons (Fsp3) is 0.250. The molecule has 2 heterocycles. The average Bonchev–Trinajstić information content (AvgIpc) is 3.13. The number of phenols is 1. The number of aromatic hydroxyl groups is 1. The van der Waals surface area contributed by atoms with E-state index in [0.29, 0.717) is 17.6 Å². The van der Waals surface area contributed by atoms with Crippen LogP contribution in [0.3, 0.4) is 0 Å². The van der Waals surface area contributed by atoms with Gasteiger partial charge in [0.1, 0.15) is 18.1 Å². The number of hydrogen-bond donors (Lipinski definition) is 1. The van der Waals surface area contributed by atoms with Crippen LogP contribution in [0.25, 0.3) is 11.4 Å². The van der Waals surface area contributed by atoms with Gasteiger partial charge in [0.15, 0.2) is 6.29 Å². The zero-order chi connectivity index (χ0) is 18.7. The summed E-state index contributed by atoms with van der Waals surface area (Å²) in [5.41, 5.74) is 3.33. The van der Waals surface area contributed by atoms with Gasteiger partial charge in [-0.3, -0.25) is 14.5 Å². The van der Waals surface area contributed by atoms with E-state index in [2.05, 4.69) is 23.9 Å². The monoisotopic (exact) mass is 351 g/mol. The highest BCUT2D eigenvalue weighted by Crippen LogP contribution is 2.31. The normalized spacial score (nSPS) is 10.9. The van der Waals surface area contributed by atoms with Crippen molar-refractivity contribution in [1.82, 2.24) is 14.8 Å². The van der Waals surface area contributed by atoms with Gasteiger partial charge in [0, 0.05) is 24.0 Å². The Morgan fingerprint density at radius 2 is 2.04 bits per heavy atom. The molecule has 0 aliphatic rings. The second kappa shape index (κ2) is 7.39. The number of phenolic OH excluding ortho intramolecular Hbond substituents is 1. The van der Waals surface area contributed by atoms with Gasteiger partial charge in [0.05, 0.1) is 17.0 Å². The SMILES string of the molecule is Cc1ccc(OCc2cccnc2-c2ccnn2C(C)C)c(C=O)c1O. The third kappa shape index (κ3) is 3.31. The van der Waals surface area contributed by atoms with Gasteiger partial charge in [-0.25, -0.2) is 0 Å². The molecule has 6 nitrogen and oxygen atoms in total. The molecule has 6 heteroatoms. The minimum absolute atomic E-state index is 0.0539. The number of benzene rings is 1. The van der Waals surface area contributed by atoms with Crippen LogP contribution in [-0.2, 0) is 6.61 Å². The molecule has 0 unspecified atom stereocenters. The first-order valence-corrected chi connectivity index (χ1v) is 8.41. The number of aldehydes is 1. The first kappa shape index (κ1) is 17.7. The molecule has 134 valence electrons. The van der Waals surface area contributed by atoms with E-state index in [-0.39, 0.29) is 24.0 Å². The molecule has 2 aromatic heterocycles. The van der Waals surface area contributed by atoms with E-state index in [4.69, 9.17) is 4.74 Å². The summed E-state index contributed by atoms with van der Waals surface area (Å²) >= 11 is 0. The number of ether oxygens (including phenoxy) is 1. The summed E-state index contributed by atoms with van der Waals surface area (Å²) in [6.07, 6.45) is 4.08. The van der Waals surface area contributed by atoms with Crippen molar-refractivity contribution < 1.29 is 14.6 Å². The molecule has 0 amide bonds. The lowest BCUT2D eigenvalue weighted by Gasteiger charge is -2.15. The predicted octanol–water partition coefficient (Wildman–Crippen LogP) is 3.93. The van der Waals surface area contributed by atoms with Crippen molar-refractivity contribution in [3.05, 3.63) is 59.4 Å². The maximum Gasteiger partial charge on any atom is 0.157 e. The van der Waals surface area contributed by atoms with E-state index in [1.165, 1.54) is 0 Å². The van der Waals surface area contributed by atoms with E-state index in [0.717, 1.165) is 17.0 Å². The molecule has 1 aromatic carbocycles. The number of aryl methyl sites for hydroxylation is 1. The first-order chi connectivity index (χ1) is 12.5. The third-order valence-electron chi connectivity index (χ3n) is 4.17. The van der Waals surface area contributed by atoms with Crippen LogP contribution in [-0.4, -0.2) is 26.2 Å². The number of carbonyl (C=O) groups is 1. The Morgan fingerprint density at radius 1 is 1.23 bits per heavy atom. The van der Waals surface area contributed by atoms with Crippen molar-refractivity contribution >= 4 is 6.29 Å². The van der Waals surface area contributed by atoms with Crippen LogP contribution in [0.5, 0.6) is 11.5 Å². The molecule has 1 N–H and O–H groups in total. The van der Waals surface area contributed by atoms with Gasteiger partial charge in [0.25, 0.3) is 0 Å². The number of pyridine rings is 1. The molecule has 0 saturated carbocycles. The molecule has 0 atom stereocenters. The standard InChI is InChI=1S/C20H21N3O3/c1-13(2)23-17(8-10-22-23)19-15(5-4-9-21-19)12-26-18-7-6-14(3)20(25)16(18)11-24/h4-11,13,25H,12H2,1-3H3. The Bertz CT molecular complexity index is 932. The molecular formula is C20H21N3O3. The van der Waals surface area contributed by atoms with Crippen LogP contribution in [0, 0.1) is 6.92 Å². The summed E-state index contributed by atoms with van der Waals surface area (Å²) in [7, 11) is 0. The highest BCUT2D eigenvalue weighted by molar-refractivity contribution is 5.84. The van der Waals surface area contributed by atoms with Gasteiger partial charge in [-0.1, -0.05) is 12.1 Å². The summed E-state index contributed by atoms with van der Waals surface area (Å²) in [6.45, 7) is 6.07. The van der Waals surface area contributed by atoms with Crippen molar-refractivity contribution in [1.29, 1.82) is 0 Å². The molecular weight excluding hydrogens is 330 g/mol. The molecule has 3 rings (SSSR count). The number of hydrogen-bond acceptors (Lipinski definition) is 5. The Morgan fingerprint density at radius 3 is 2.77 bits per heavy atom. The van der Waals surface area contributed by atoms with Crippen LogP contribution < -0.4 is 4.74 Å². The molecule has 0 bridgehead atoms. The fourth-order valence-corrected chi connectivity index (χ4v) is 2.79. The lowest BCUT2D eigenvalue weighted by atomic mass is 10.1. The summed E-state index contributed by atoms with van der Waals surface area (Å²) in [5.74, 6) is 0.289. The Hall–Kier alpha value is -3.15. The molecule has 0 aliphatic heterocycles. The highest BCUT2D eigenvalue weighted by atomic mass is 16.5. The maximum absolute atomic E-state index is 11.3. The first-order valence-electron chi connectivity index (χ1n) is 8.41. The molecule has 3 aromatic rings. The number of aromatic nitrogens is 3. The van der Waals surface area contributed by atoms with E-state index in [1.54, 1.807) is 31.5 Å². The van der Waals surface area contributed by atoms with Crippen LogP contribution in [0.4, 0.5) is 0 Å². The van der Waals surface area contributed by atoms with Crippen LogP contribution in [0.2, 0.25) is 0 Å². The molecule has 0 saturated heterocycles. The van der Waals surface area contributed by atoms with Crippen molar-refractivity contribution in [3.8, 4) is 22.9 Å². The number of carbonyl (C=O) groups excluding carboxylic acids is 1. The number of nitrogens with zero attached hydrogens (tertiary/aromatic N) is 3. The van der Waals surface area contributed by atoms with Gasteiger partial charge in [-0.2, -0.15) is 5.10 Å². The topological polar surface area (TPSA) is 77.2 Å². The second-order valence-electron chi connectivity index (χ2n) is 6.32. The molecule has 0 spiro atoms. The summed E-state index contributed by atoms with van der Waals surface area (Å²) < 4.78 is 7.73.